The van der Waals surface area contributed by atoms with Crippen LogP contribution in [0.25, 0.3) is 11.3 Å². The maximum absolute atomic E-state index is 10.8. The van der Waals surface area contributed by atoms with Gasteiger partial charge in [0.15, 0.2) is 0 Å². The molecule has 0 aliphatic carbocycles. The summed E-state index contributed by atoms with van der Waals surface area (Å²) in [4.78, 5) is 4.62. The molecule has 0 aliphatic heterocycles. The highest BCUT2D eigenvalue weighted by Gasteiger charge is 2.23. The lowest BCUT2D eigenvalue weighted by molar-refractivity contribution is -0.0169. The van der Waals surface area contributed by atoms with Crippen LogP contribution in [0.15, 0.2) is 72.8 Å². The Balaban J connectivity index is 1.89. The zero-order valence-corrected chi connectivity index (χ0v) is 14.3. The molecule has 0 radical (unpaired) electrons. The number of aromatic nitrogens is 1. The molecular weight excluding hydrogens is 314 g/mol. The number of methoxy groups -OCH3 is 2. The third-order valence-electron chi connectivity index (χ3n) is 4.13. The van der Waals surface area contributed by atoms with Crippen molar-refractivity contribution in [3.63, 3.8) is 0 Å². The van der Waals surface area contributed by atoms with Crippen LogP contribution in [0.3, 0.4) is 0 Å². The minimum absolute atomic E-state index is 0.472. The van der Waals surface area contributed by atoms with Crippen LogP contribution >= 0.6 is 0 Å². The molecule has 3 aromatic rings. The van der Waals surface area contributed by atoms with Gasteiger partial charge >= 0.3 is 0 Å². The lowest BCUT2D eigenvalue weighted by Gasteiger charge is -2.22. The van der Waals surface area contributed by atoms with Crippen LogP contribution < -0.4 is 4.74 Å². The molecule has 0 spiro atoms. The summed E-state index contributed by atoms with van der Waals surface area (Å²) in [5.41, 5.74) is 3.24. The average Bonchev–Trinajstić information content (AvgIpc) is 2.69. The Hall–Kier alpha value is -2.69. The maximum Gasteiger partial charge on any atom is 0.126 e. The monoisotopic (exact) mass is 335 g/mol. The van der Waals surface area contributed by atoms with Crippen molar-refractivity contribution >= 4 is 0 Å². The molecule has 1 N–H and O–H groups in total. The summed E-state index contributed by atoms with van der Waals surface area (Å²) < 4.78 is 10.7. The summed E-state index contributed by atoms with van der Waals surface area (Å²) in [5.74, 6) is 0.795. The lowest BCUT2D eigenvalue weighted by atomic mass is 10.0. The van der Waals surface area contributed by atoms with Crippen molar-refractivity contribution < 1.29 is 14.6 Å². The summed E-state index contributed by atoms with van der Waals surface area (Å²) in [6.07, 6.45) is -1.33. The molecule has 128 valence electrons. The Bertz CT molecular complexity index is 803. The summed E-state index contributed by atoms with van der Waals surface area (Å²) >= 11 is 0. The van der Waals surface area contributed by atoms with E-state index >= 15 is 0 Å². The Morgan fingerprint density at radius 3 is 2.20 bits per heavy atom. The fraction of sp³-hybridized carbons (Fsp3) is 0.190. The third kappa shape index (κ3) is 3.87. The first-order valence-corrected chi connectivity index (χ1v) is 8.10. The standard InChI is InChI=1S/C21H21NO3/c1-24-17-13-11-15(12-14-17)18-9-6-10-19(22-18)20(23)21(25-2)16-7-4-3-5-8-16/h3-14,20-21,23H,1-2H3/t20-,21+/m1/s1. The van der Waals surface area contributed by atoms with Crippen molar-refractivity contribution in [2.24, 2.45) is 0 Å². The average molecular weight is 335 g/mol. The van der Waals surface area contributed by atoms with E-state index in [9.17, 15) is 5.11 Å². The van der Waals surface area contributed by atoms with E-state index in [1.807, 2.05) is 72.8 Å². The predicted octanol–water partition coefficient (Wildman–Crippen LogP) is 4.18. The van der Waals surface area contributed by atoms with E-state index in [1.165, 1.54) is 0 Å². The molecular formula is C21H21NO3. The third-order valence-corrected chi connectivity index (χ3v) is 4.13. The van der Waals surface area contributed by atoms with E-state index in [0.717, 1.165) is 22.6 Å². The molecule has 0 unspecified atom stereocenters. The molecule has 2 atom stereocenters. The van der Waals surface area contributed by atoms with Gasteiger partial charge in [-0.1, -0.05) is 36.4 Å². The van der Waals surface area contributed by atoms with Crippen molar-refractivity contribution in [1.29, 1.82) is 0 Å². The van der Waals surface area contributed by atoms with Gasteiger partial charge in [0.25, 0.3) is 0 Å². The van der Waals surface area contributed by atoms with E-state index in [4.69, 9.17) is 9.47 Å². The molecule has 4 heteroatoms. The van der Waals surface area contributed by atoms with Crippen LogP contribution in [0.2, 0.25) is 0 Å². The molecule has 4 nitrogen and oxygen atoms in total. The number of rotatable bonds is 6. The first kappa shape index (κ1) is 17.1. The maximum atomic E-state index is 10.8. The van der Waals surface area contributed by atoms with E-state index < -0.39 is 12.2 Å². The van der Waals surface area contributed by atoms with Gasteiger partial charge in [-0.2, -0.15) is 0 Å². The Kier molecular flexibility index (Phi) is 5.43. The van der Waals surface area contributed by atoms with Gasteiger partial charge in [0, 0.05) is 12.7 Å². The van der Waals surface area contributed by atoms with Crippen molar-refractivity contribution in [2.45, 2.75) is 12.2 Å². The Morgan fingerprint density at radius 1 is 0.840 bits per heavy atom. The van der Waals surface area contributed by atoms with Crippen molar-refractivity contribution in [3.8, 4) is 17.0 Å². The second kappa shape index (κ2) is 7.92. The highest BCUT2D eigenvalue weighted by molar-refractivity contribution is 5.60. The van der Waals surface area contributed by atoms with Crippen LogP contribution in [0.4, 0.5) is 0 Å². The zero-order chi connectivity index (χ0) is 17.6. The van der Waals surface area contributed by atoms with Crippen LogP contribution in [0.1, 0.15) is 23.5 Å². The Labute approximate surface area is 147 Å². The van der Waals surface area contributed by atoms with Gasteiger partial charge in [0.1, 0.15) is 18.0 Å². The summed E-state index contributed by atoms with van der Waals surface area (Å²) in [6.45, 7) is 0. The molecule has 0 aliphatic rings. The number of nitrogens with zero attached hydrogens (tertiary/aromatic N) is 1. The van der Waals surface area contributed by atoms with Crippen LogP contribution in [-0.2, 0) is 4.74 Å². The number of aliphatic hydroxyl groups excluding tert-OH is 1. The lowest BCUT2D eigenvalue weighted by Crippen LogP contribution is -2.14. The highest BCUT2D eigenvalue weighted by Crippen LogP contribution is 2.31. The van der Waals surface area contributed by atoms with E-state index in [-0.39, 0.29) is 0 Å². The van der Waals surface area contributed by atoms with Gasteiger partial charge in [-0.25, -0.2) is 4.98 Å². The molecule has 0 fully saturated rings. The molecule has 3 rings (SSSR count). The van der Waals surface area contributed by atoms with Gasteiger partial charge < -0.3 is 14.6 Å². The summed E-state index contributed by atoms with van der Waals surface area (Å²) in [5, 5.41) is 10.8. The minimum atomic E-state index is -0.856. The Morgan fingerprint density at radius 2 is 1.56 bits per heavy atom. The molecule has 1 heterocycles. The number of hydrogen-bond donors (Lipinski definition) is 1. The van der Waals surface area contributed by atoms with E-state index in [2.05, 4.69) is 4.98 Å². The van der Waals surface area contributed by atoms with Crippen molar-refractivity contribution in [1.82, 2.24) is 4.98 Å². The summed E-state index contributed by atoms with van der Waals surface area (Å²) in [6, 6.07) is 23.0. The number of aliphatic hydroxyl groups is 1. The van der Waals surface area contributed by atoms with Gasteiger partial charge in [-0.05, 0) is 42.0 Å². The molecule has 0 amide bonds. The quantitative estimate of drug-likeness (QED) is 0.734. The zero-order valence-electron chi connectivity index (χ0n) is 14.3. The SMILES string of the molecule is COc1ccc(-c2cccc([C@@H](O)[C@@H](OC)c3ccccc3)n2)cc1. The molecule has 0 bridgehead atoms. The second-order valence-electron chi connectivity index (χ2n) is 5.69. The molecule has 0 saturated heterocycles. The van der Waals surface area contributed by atoms with E-state index in [1.54, 1.807) is 14.2 Å². The van der Waals surface area contributed by atoms with Crippen LogP contribution in [0.5, 0.6) is 5.75 Å². The molecule has 1 aromatic heterocycles. The first-order chi connectivity index (χ1) is 12.2. The minimum Gasteiger partial charge on any atom is -0.497 e. The predicted molar refractivity (Wildman–Crippen MR) is 97.4 cm³/mol. The number of hydrogen-bond acceptors (Lipinski definition) is 4. The van der Waals surface area contributed by atoms with Gasteiger partial charge in [-0.3, -0.25) is 0 Å². The van der Waals surface area contributed by atoms with Crippen molar-refractivity contribution in [2.75, 3.05) is 14.2 Å². The molecule has 25 heavy (non-hydrogen) atoms. The number of benzene rings is 2. The van der Waals surface area contributed by atoms with Gasteiger partial charge in [-0.15, -0.1) is 0 Å². The molecule has 2 aromatic carbocycles. The smallest absolute Gasteiger partial charge is 0.126 e. The summed E-state index contributed by atoms with van der Waals surface area (Å²) in [7, 11) is 3.23. The highest BCUT2D eigenvalue weighted by atomic mass is 16.5. The number of ether oxygens (including phenoxy) is 2. The fourth-order valence-corrected chi connectivity index (χ4v) is 2.78. The normalized spacial score (nSPS) is 13.2. The molecule has 0 saturated carbocycles. The van der Waals surface area contributed by atoms with Gasteiger partial charge in [0.2, 0.25) is 0 Å². The van der Waals surface area contributed by atoms with E-state index in [0.29, 0.717) is 5.69 Å². The van der Waals surface area contributed by atoms with Crippen molar-refractivity contribution in [3.05, 3.63) is 84.1 Å². The second-order valence-corrected chi connectivity index (χ2v) is 5.69. The van der Waals surface area contributed by atoms with Gasteiger partial charge in [0.05, 0.1) is 18.5 Å². The topological polar surface area (TPSA) is 51.6 Å². The fourth-order valence-electron chi connectivity index (χ4n) is 2.78. The first-order valence-electron chi connectivity index (χ1n) is 8.10. The largest absolute Gasteiger partial charge is 0.497 e. The van der Waals surface area contributed by atoms with Crippen LogP contribution in [0, 0.1) is 0 Å². The number of pyridine rings is 1. The van der Waals surface area contributed by atoms with Crippen LogP contribution in [-0.4, -0.2) is 24.3 Å².